The largest absolute Gasteiger partial charge is 0.282 e. The highest BCUT2D eigenvalue weighted by atomic mass is 33.1. The van der Waals surface area contributed by atoms with Crippen molar-refractivity contribution < 1.29 is 19.2 Å². The molecular formula is C18H22O4S6. The minimum atomic E-state index is -0.133. The Balaban J connectivity index is 4.55. The summed E-state index contributed by atoms with van der Waals surface area (Å²) < 4.78 is 0. The second kappa shape index (κ2) is 17.6. The van der Waals surface area contributed by atoms with Gasteiger partial charge in [-0.3, -0.25) is 19.2 Å². The maximum Gasteiger partial charge on any atom is 0.211 e. The predicted octanol–water partition coefficient (Wildman–Crippen LogP) is 4.89. The fourth-order valence-corrected chi connectivity index (χ4v) is 8.41. The molecule has 0 saturated heterocycles. The third kappa shape index (κ3) is 14.7. The van der Waals surface area contributed by atoms with Crippen LogP contribution >= 0.6 is 68.6 Å². The third-order valence-electron chi connectivity index (χ3n) is 2.65. The lowest BCUT2D eigenvalue weighted by atomic mass is 10.5. The van der Waals surface area contributed by atoms with E-state index in [2.05, 4.69) is 26.3 Å². The number of carbonyl (C=O) groups is 4. The van der Waals surface area contributed by atoms with Crippen molar-refractivity contribution in [3.8, 4) is 0 Å². The van der Waals surface area contributed by atoms with E-state index in [1.807, 2.05) is 0 Å². The molecular weight excluding hydrogens is 473 g/mol. The summed E-state index contributed by atoms with van der Waals surface area (Å²) in [6.07, 6.45) is 5.03. The second-order valence-electron chi connectivity index (χ2n) is 4.76. The molecule has 0 saturated carbocycles. The zero-order chi connectivity index (χ0) is 21.4. The lowest BCUT2D eigenvalue weighted by Crippen LogP contribution is -2.15. The first-order valence-corrected chi connectivity index (χ1v) is 14.1. The van der Waals surface area contributed by atoms with Gasteiger partial charge in [0, 0.05) is 33.5 Å². The van der Waals surface area contributed by atoms with Gasteiger partial charge in [0.1, 0.15) is 0 Å². The predicted molar refractivity (Wildman–Crippen MR) is 133 cm³/mol. The van der Waals surface area contributed by atoms with E-state index in [0.29, 0.717) is 23.0 Å². The maximum absolute atomic E-state index is 11.6. The van der Waals surface area contributed by atoms with Gasteiger partial charge < -0.3 is 0 Å². The number of carbonyl (C=O) groups excluding carboxylic acids is 4. The van der Waals surface area contributed by atoms with Gasteiger partial charge in [0.25, 0.3) is 0 Å². The smallest absolute Gasteiger partial charge is 0.211 e. The summed E-state index contributed by atoms with van der Waals surface area (Å²) in [6.45, 7) is 13.8. The minimum Gasteiger partial charge on any atom is -0.282 e. The highest BCUT2D eigenvalue weighted by Crippen LogP contribution is 2.32. The Morgan fingerprint density at radius 1 is 0.571 bits per heavy atom. The van der Waals surface area contributed by atoms with Crippen LogP contribution in [0.25, 0.3) is 0 Å². The van der Waals surface area contributed by atoms with Crippen molar-refractivity contribution in [2.24, 2.45) is 0 Å². The average molecular weight is 495 g/mol. The molecule has 2 atom stereocenters. The Hall–Kier alpha value is -0.260. The van der Waals surface area contributed by atoms with Crippen LogP contribution in [0.15, 0.2) is 50.6 Å². The fraction of sp³-hybridized carbons (Fsp3) is 0.333. The molecule has 0 aromatic carbocycles. The topological polar surface area (TPSA) is 68.3 Å². The van der Waals surface area contributed by atoms with Crippen molar-refractivity contribution in [2.45, 2.75) is 10.5 Å². The van der Waals surface area contributed by atoms with E-state index in [9.17, 15) is 19.2 Å². The van der Waals surface area contributed by atoms with Gasteiger partial charge in [-0.05, 0) is 24.3 Å². The fourth-order valence-electron chi connectivity index (χ4n) is 1.37. The van der Waals surface area contributed by atoms with Gasteiger partial charge in [0.2, 0.25) is 20.5 Å². The van der Waals surface area contributed by atoms with Gasteiger partial charge in [0.05, 0.1) is 0 Å². The Kier molecular flexibility index (Phi) is 17.4. The second-order valence-corrected chi connectivity index (χ2v) is 12.0. The molecule has 0 aliphatic rings. The molecule has 4 nitrogen and oxygen atoms in total. The molecule has 28 heavy (non-hydrogen) atoms. The lowest BCUT2D eigenvalue weighted by Gasteiger charge is -2.15. The monoisotopic (exact) mass is 494 g/mol. The Labute approximate surface area is 191 Å². The van der Waals surface area contributed by atoms with Crippen LogP contribution in [0.5, 0.6) is 0 Å². The Morgan fingerprint density at radius 2 is 0.893 bits per heavy atom. The highest BCUT2D eigenvalue weighted by molar-refractivity contribution is 8.76. The molecule has 0 aliphatic heterocycles. The van der Waals surface area contributed by atoms with Crippen LogP contribution in [-0.4, -0.2) is 54.0 Å². The highest BCUT2D eigenvalue weighted by Gasteiger charge is 2.18. The van der Waals surface area contributed by atoms with Crippen molar-refractivity contribution in [1.29, 1.82) is 0 Å². The molecule has 0 bridgehead atoms. The van der Waals surface area contributed by atoms with E-state index >= 15 is 0 Å². The Bertz CT molecular complexity index is 553. The van der Waals surface area contributed by atoms with Crippen molar-refractivity contribution in [1.82, 2.24) is 0 Å². The zero-order valence-corrected chi connectivity index (χ0v) is 20.1. The lowest BCUT2D eigenvalue weighted by molar-refractivity contribution is -0.107. The molecule has 0 aliphatic carbocycles. The van der Waals surface area contributed by atoms with Gasteiger partial charge in [-0.2, -0.15) is 0 Å². The normalized spacial score (nSPS) is 12.4. The van der Waals surface area contributed by atoms with Gasteiger partial charge >= 0.3 is 0 Å². The zero-order valence-electron chi connectivity index (χ0n) is 15.2. The summed E-state index contributed by atoms with van der Waals surface area (Å²) in [5.74, 6) is 2.30. The van der Waals surface area contributed by atoms with Gasteiger partial charge in [-0.25, -0.2) is 0 Å². The van der Waals surface area contributed by atoms with E-state index in [0.717, 1.165) is 47.0 Å². The molecule has 0 aromatic heterocycles. The molecule has 154 valence electrons. The number of hydrogen-bond acceptors (Lipinski definition) is 10. The summed E-state index contributed by atoms with van der Waals surface area (Å²) in [7, 11) is 3.14. The van der Waals surface area contributed by atoms with Crippen molar-refractivity contribution in [3.63, 3.8) is 0 Å². The number of rotatable bonds is 15. The summed E-state index contributed by atoms with van der Waals surface area (Å²) in [6, 6.07) is 0. The maximum atomic E-state index is 11.6. The van der Waals surface area contributed by atoms with Gasteiger partial charge in [-0.1, -0.05) is 95.0 Å². The molecule has 0 fully saturated rings. The van der Waals surface area contributed by atoms with Crippen molar-refractivity contribution >= 4 is 89.1 Å². The molecule has 0 spiro atoms. The van der Waals surface area contributed by atoms with Crippen LogP contribution in [0.1, 0.15) is 0 Å². The van der Waals surface area contributed by atoms with Crippen molar-refractivity contribution in [2.75, 3.05) is 23.0 Å². The Morgan fingerprint density at radius 3 is 1.18 bits per heavy atom. The molecule has 0 N–H and O–H groups in total. The van der Waals surface area contributed by atoms with E-state index in [-0.39, 0.29) is 31.0 Å². The molecule has 0 aromatic rings. The SMILES string of the molecule is C=CC(=O)SCC(CSSCC(CSC(=O)C=C)SC(=O)C=C)SC(=O)C=C. The quantitative estimate of drug-likeness (QED) is 0.179. The number of thioether (sulfide) groups is 4. The molecule has 2 unspecified atom stereocenters. The third-order valence-corrected chi connectivity index (χ3v) is 10.2. The van der Waals surface area contributed by atoms with E-state index in [1.54, 1.807) is 21.6 Å². The summed E-state index contributed by atoms with van der Waals surface area (Å²) in [5, 5.41) is -0.613. The summed E-state index contributed by atoms with van der Waals surface area (Å²) in [5.41, 5.74) is 0. The van der Waals surface area contributed by atoms with E-state index in [4.69, 9.17) is 0 Å². The van der Waals surface area contributed by atoms with Crippen LogP contribution in [0.4, 0.5) is 0 Å². The first-order valence-electron chi connectivity index (χ1n) is 7.85. The molecule has 10 heteroatoms. The minimum absolute atomic E-state index is 0.0467. The van der Waals surface area contributed by atoms with Crippen molar-refractivity contribution in [3.05, 3.63) is 50.6 Å². The van der Waals surface area contributed by atoms with Gasteiger partial charge in [0.15, 0.2) is 0 Å². The van der Waals surface area contributed by atoms with Crippen LogP contribution < -0.4 is 0 Å². The summed E-state index contributed by atoms with van der Waals surface area (Å²) >= 11 is 4.57. The van der Waals surface area contributed by atoms with E-state index < -0.39 is 0 Å². The molecule has 0 rings (SSSR count). The average Bonchev–Trinajstić information content (AvgIpc) is 2.71. The number of hydrogen-bond donors (Lipinski definition) is 0. The van der Waals surface area contributed by atoms with Crippen LogP contribution in [0, 0.1) is 0 Å². The molecule has 0 heterocycles. The summed E-state index contributed by atoms with van der Waals surface area (Å²) in [4.78, 5) is 46.1. The van der Waals surface area contributed by atoms with E-state index in [1.165, 1.54) is 24.3 Å². The van der Waals surface area contributed by atoms with Crippen LogP contribution in [0.2, 0.25) is 0 Å². The van der Waals surface area contributed by atoms with Crippen LogP contribution in [-0.2, 0) is 19.2 Å². The molecule has 0 radical (unpaired) electrons. The van der Waals surface area contributed by atoms with Gasteiger partial charge in [-0.15, -0.1) is 0 Å². The first-order chi connectivity index (χ1) is 13.4. The molecule has 0 amide bonds. The van der Waals surface area contributed by atoms with Crippen LogP contribution in [0.3, 0.4) is 0 Å². The first kappa shape index (κ1) is 27.7. The standard InChI is InChI=1S/C18H22O4S6/c1-5-15(19)23-9-13(27-17(21)7-3)11-25-26-12-14(28-18(22)8-4)10-24-16(20)6-2/h5-8,13-14H,1-4,9-12H2.